The molecule has 49 heavy (non-hydrogen) atoms. The van der Waals surface area contributed by atoms with Gasteiger partial charge in [-0.15, -0.1) is 0 Å². The molecule has 3 aliphatic rings. The Kier molecular flexibility index (Phi) is 8.84. The van der Waals surface area contributed by atoms with Crippen molar-refractivity contribution >= 4 is 14.5 Å². The van der Waals surface area contributed by atoms with Crippen molar-refractivity contribution in [3.05, 3.63) is 144 Å². The molecule has 0 bridgehead atoms. The van der Waals surface area contributed by atoms with E-state index < -0.39 is 43.4 Å². The largest absolute Gasteiger partial charge is 0.477 e. The second kappa shape index (κ2) is 12.7. The zero-order valence-corrected chi connectivity index (χ0v) is 30.2. The summed E-state index contributed by atoms with van der Waals surface area (Å²) in [4.78, 5) is 5.02. The normalized spacial score (nSPS) is 24.8. The zero-order valence-electron chi connectivity index (χ0n) is 29.3. The van der Waals surface area contributed by atoms with Gasteiger partial charge in [0.25, 0.3) is 0 Å². The Bertz CT molecular complexity index is 1580. The lowest BCUT2D eigenvalue weighted by Gasteiger charge is -2.41. The number of rotatable bonds is 7. The Balaban J connectivity index is 1.49. The van der Waals surface area contributed by atoms with Crippen LogP contribution < -0.4 is 0 Å². The summed E-state index contributed by atoms with van der Waals surface area (Å²) in [5, 5.41) is 0. The van der Waals surface area contributed by atoms with Crippen LogP contribution >= 0.6 is 8.60 Å². The highest BCUT2D eigenvalue weighted by Gasteiger charge is 2.67. The minimum Gasteiger partial charge on any atom is -0.477 e. The first-order chi connectivity index (χ1) is 23.4. The maximum Gasteiger partial charge on any atom is 0.336 e. The predicted molar refractivity (Wildman–Crippen MR) is 192 cm³/mol. The summed E-state index contributed by atoms with van der Waals surface area (Å²) < 4.78 is 42.4. The van der Waals surface area contributed by atoms with Crippen molar-refractivity contribution in [2.24, 2.45) is 10.4 Å². The maximum absolute atomic E-state index is 7.47. The van der Waals surface area contributed by atoms with E-state index in [-0.39, 0.29) is 11.5 Å². The average molecular weight is 680 g/mol. The number of aliphatic imine (C=N–C) groups is 1. The van der Waals surface area contributed by atoms with Crippen LogP contribution in [0.5, 0.6) is 0 Å². The molecule has 0 radical (unpaired) electrons. The fourth-order valence-corrected chi connectivity index (χ4v) is 8.73. The van der Waals surface area contributed by atoms with Gasteiger partial charge < -0.3 is 14.2 Å². The molecule has 0 amide bonds. The van der Waals surface area contributed by atoms with E-state index in [1.54, 1.807) is 0 Å². The van der Waals surface area contributed by atoms with Crippen LogP contribution in [0.4, 0.5) is 0 Å². The van der Waals surface area contributed by atoms with Crippen LogP contribution in [-0.4, -0.2) is 42.1 Å². The van der Waals surface area contributed by atoms with Gasteiger partial charge >= 0.3 is 8.60 Å². The van der Waals surface area contributed by atoms with E-state index in [9.17, 15) is 0 Å². The number of hydrogen-bond acceptors (Lipinski definition) is 7. The van der Waals surface area contributed by atoms with Crippen LogP contribution in [0.15, 0.2) is 126 Å². The third-order valence-electron chi connectivity index (χ3n) is 9.61. The molecule has 0 saturated carbocycles. The molecule has 256 valence electrons. The van der Waals surface area contributed by atoms with Gasteiger partial charge in [0.1, 0.15) is 24.4 Å². The van der Waals surface area contributed by atoms with E-state index in [4.69, 9.17) is 32.8 Å². The third-order valence-corrected chi connectivity index (χ3v) is 11.1. The highest BCUT2D eigenvalue weighted by atomic mass is 31.2. The summed E-state index contributed by atoms with van der Waals surface area (Å²) in [6, 6.07) is 40.8. The summed E-state index contributed by atoms with van der Waals surface area (Å²) in [7, 11) is -2.19. The lowest BCUT2D eigenvalue weighted by Crippen LogP contribution is -2.53. The molecule has 4 aromatic rings. The molecule has 0 unspecified atom stereocenters. The van der Waals surface area contributed by atoms with Gasteiger partial charge in [0.15, 0.2) is 17.0 Å². The second-order valence-corrected chi connectivity index (χ2v) is 16.0. The molecule has 0 N–H and O–H groups in total. The maximum atomic E-state index is 7.47. The van der Waals surface area contributed by atoms with E-state index in [1.165, 1.54) is 0 Å². The Morgan fingerprint density at radius 1 is 0.612 bits per heavy atom. The SMILES string of the molecule is CC1(C)O[C@@H]2[C@@H](O1)C(c1ccccc1)(c1ccccc1)OP(OC(C)(C)C1=N[C@@H](C(C)(C)C)CO1)OC2(c1ccccc1)c1ccccc1. The highest BCUT2D eigenvalue weighted by molar-refractivity contribution is 7.41. The molecule has 4 aromatic carbocycles. The molecule has 3 atom stereocenters. The average Bonchev–Trinajstić information content (AvgIpc) is 3.72. The van der Waals surface area contributed by atoms with Gasteiger partial charge in [-0.25, -0.2) is 4.99 Å². The molecule has 7 nitrogen and oxygen atoms in total. The Hall–Kier alpha value is -3.42. The number of hydrogen-bond donors (Lipinski definition) is 0. The van der Waals surface area contributed by atoms with Crippen molar-refractivity contribution < 1.29 is 27.8 Å². The van der Waals surface area contributed by atoms with E-state index >= 15 is 0 Å². The minimum atomic E-state index is -2.19. The van der Waals surface area contributed by atoms with E-state index in [0.29, 0.717) is 12.5 Å². The number of fused-ring (bicyclic) bond motifs is 1. The van der Waals surface area contributed by atoms with Crippen LogP contribution in [0.25, 0.3) is 0 Å². The summed E-state index contributed by atoms with van der Waals surface area (Å²) in [6.07, 6.45) is -1.37. The van der Waals surface area contributed by atoms with Crippen molar-refractivity contribution in [3.8, 4) is 0 Å². The lowest BCUT2D eigenvalue weighted by atomic mass is 9.72. The van der Waals surface area contributed by atoms with Crippen molar-refractivity contribution in [2.75, 3.05) is 6.61 Å². The topological polar surface area (TPSA) is 67.7 Å². The molecule has 0 spiro atoms. The first kappa shape index (κ1) is 34.0. The van der Waals surface area contributed by atoms with Gasteiger partial charge in [-0.2, -0.15) is 0 Å². The van der Waals surface area contributed by atoms with Gasteiger partial charge in [-0.05, 0) is 55.4 Å². The lowest BCUT2D eigenvalue weighted by molar-refractivity contribution is -0.177. The van der Waals surface area contributed by atoms with Crippen molar-refractivity contribution in [1.82, 2.24) is 0 Å². The van der Waals surface area contributed by atoms with Crippen LogP contribution in [0.2, 0.25) is 0 Å². The summed E-state index contributed by atoms with van der Waals surface area (Å²) in [5.74, 6) is -0.449. The Morgan fingerprint density at radius 2 is 0.980 bits per heavy atom. The molecule has 0 aliphatic carbocycles. The van der Waals surface area contributed by atoms with Gasteiger partial charge in [-0.1, -0.05) is 142 Å². The monoisotopic (exact) mass is 679 g/mol. The summed E-state index contributed by atoms with van der Waals surface area (Å²) >= 11 is 0. The molecule has 3 heterocycles. The van der Waals surface area contributed by atoms with Crippen molar-refractivity contribution in [1.29, 1.82) is 0 Å². The minimum absolute atomic E-state index is 0.00188. The third kappa shape index (κ3) is 6.16. The van der Waals surface area contributed by atoms with E-state index in [1.807, 2.05) is 100 Å². The second-order valence-electron chi connectivity index (χ2n) is 15.0. The molecule has 2 saturated heterocycles. The van der Waals surface area contributed by atoms with E-state index in [0.717, 1.165) is 22.3 Å². The first-order valence-electron chi connectivity index (χ1n) is 17.0. The fourth-order valence-electron chi connectivity index (χ4n) is 7.07. The number of nitrogens with zero attached hydrogens (tertiary/aromatic N) is 1. The highest BCUT2D eigenvalue weighted by Crippen LogP contribution is 2.66. The van der Waals surface area contributed by atoms with Crippen LogP contribution in [0.1, 0.15) is 70.7 Å². The standard InChI is InChI=1S/C41H46NO6P/c1-37(2,3)33-28-43-36(42-33)38(4,5)46-49-47-40(29-20-12-8-13-21-29,30-22-14-9-15-23-30)34-35(45-39(6,7)44-34)41(48-49,31-24-16-10-17-25-31)32-26-18-11-19-27-32/h8-27,33-35H,28H2,1-7H3/t33-,34-,35-/m1/s1. The van der Waals surface area contributed by atoms with Crippen LogP contribution in [0, 0.1) is 5.41 Å². The van der Waals surface area contributed by atoms with Crippen molar-refractivity contribution in [3.63, 3.8) is 0 Å². The molecule has 7 rings (SSSR count). The van der Waals surface area contributed by atoms with Gasteiger partial charge in [0.2, 0.25) is 5.90 Å². The van der Waals surface area contributed by atoms with Crippen LogP contribution in [0.3, 0.4) is 0 Å². The van der Waals surface area contributed by atoms with Gasteiger partial charge in [0, 0.05) is 0 Å². The van der Waals surface area contributed by atoms with Gasteiger partial charge in [0.05, 0.1) is 6.04 Å². The molecule has 0 aromatic heterocycles. The smallest absolute Gasteiger partial charge is 0.336 e. The molecular formula is C41H46NO6P. The summed E-state index contributed by atoms with van der Waals surface area (Å²) in [5.41, 5.74) is 0.111. The zero-order chi connectivity index (χ0) is 34.5. The predicted octanol–water partition coefficient (Wildman–Crippen LogP) is 9.31. The first-order valence-corrected chi connectivity index (χ1v) is 18.1. The number of ether oxygens (including phenoxy) is 3. The van der Waals surface area contributed by atoms with E-state index in [2.05, 4.69) is 69.3 Å². The van der Waals surface area contributed by atoms with Crippen molar-refractivity contribution in [2.45, 2.75) is 89.3 Å². The fraction of sp³-hybridized carbons (Fsp3) is 0.390. The van der Waals surface area contributed by atoms with Crippen LogP contribution in [-0.2, 0) is 39.0 Å². The molecule has 8 heteroatoms. The molecular weight excluding hydrogens is 633 g/mol. The quantitative estimate of drug-likeness (QED) is 0.182. The number of benzene rings is 4. The Labute approximate surface area is 291 Å². The summed E-state index contributed by atoms with van der Waals surface area (Å²) in [6.45, 7) is 14.8. The Morgan fingerprint density at radius 3 is 1.31 bits per heavy atom. The molecule has 2 fully saturated rings. The molecule has 3 aliphatic heterocycles. The van der Waals surface area contributed by atoms with Gasteiger partial charge in [-0.3, -0.25) is 13.6 Å².